The smallest absolute Gasteiger partial charge is 0.123 e. The summed E-state index contributed by atoms with van der Waals surface area (Å²) >= 11 is 3.38. The molecule has 0 heterocycles. The average molecular weight is 260 g/mol. The molecule has 78 valence electrons. The summed E-state index contributed by atoms with van der Waals surface area (Å²) in [5, 5.41) is 4.33. The molecular weight excluding hydrogens is 245 g/mol. The van der Waals surface area contributed by atoms with Crippen molar-refractivity contribution in [2.24, 2.45) is 0 Å². The largest absolute Gasteiger partial charge is 0.313 e. The van der Waals surface area contributed by atoms with E-state index in [0.29, 0.717) is 0 Å². The summed E-state index contributed by atoms with van der Waals surface area (Å²) in [7, 11) is 0. The maximum Gasteiger partial charge on any atom is 0.123 e. The van der Waals surface area contributed by atoms with Crippen LogP contribution in [0.5, 0.6) is 0 Å². The van der Waals surface area contributed by atoms with Crippen molar-refractivity contribution in [1.29, 1.82) is 0 Å². The molecular formula is C11H15BrFN. The fourth-order valence-corrected chi connectivity index (χ4v) is 1.62. The molecule has 0 unspecified atom stereocenters. The van der Waals surface area contributed by atoms with Crippen molar-refractivity contribution >= 4 is 15.9 Å². The molecule has 0 amide bonds. The van der Waals surface area contributed by atoms with Gasteiger partial charge in [-0.05, 0) is 37.1 Å². The normalized spacial score (nSPS) is 10.4. The van der Waals surface area contributed by atoms with Crippen LogP contribution in [-0.2, 0) is 6.54 Å². The van der Waals surface area contributed by atoms with Gasteiger partial charge in [0.1, 0.15) is 5.82 Å². The van der Waals surface area contributed by atoms with E-state index in [4.69, 9.17) is 0 Å². The molecule has 0 atom stereocenters. The molecule has 0 spiro atoms. The molecule has 0 aliphatic heterocycles. The molecule has 0 aliphatic carbocycles. The quantitative estimate of drug-likeness (QED) is 0.612. The van der Waals surface area contributed by atoms with Gasteiger partial charge in [0.15, 0.2) is 0 Å². The number of hydrogen-bond acceptors (Lipinski definition) is 1. The maximum atomic E-state index is 12.8. The first-order valence-electron chi connectivity index (χ1n) is 4.84. The SMILES string of the molecule is Fc1cccc(CNCCCCBr)c1. The van der Waals surface area contributed by atoms with Crippen LogP contribution in [0.25, 0.3) is 0 Å². The van der Waals surface area contributed by atoms with Gasteiger partial charge in [0.05, 0.1) is 0 Å². The lowest BCUT2D eigenvalue weighted by Gasteiger charge is -2.03. The number of nitrogens with one attached hydrogen (secondary N) is 1. The van der Waals surface area contributed by atoms with Crippen molar-refractivity contribution in [2.45, 2.75) is 19.4 Å². The monoisotopic (exact) mass is 259 g/mol. The minimum Gasteiger partial charge on any atom is -0.313 e. The fourth-order valence-electron chi connectivity index (χ4n) is 1.22. The van der Waals surface area contributed by atoms with Gasteiger partial charge < -0.3 is 5.32 Å². The lowest BCUT2D eigenvalue weighted by atomic mass is 10.2. The summed E-state index contributed by atoms with van der Waals surface area (Å²) in [6.45, 7) is 1.74. The fraction of sp³-hybridized carbons (Fsp3) is 0.455. The summed E-state index contributed by atoms with van der Waals surface area (Å²) in [5.41, 5.74) is 1.00. The lowest BCUT2D eigenvalue weighted by molar-refractivity contribution is 0.615. The molecule has 0 aliphatic rings. The molecule has 1 aromatic carbocycles. The lowest BCUT2D eigenvalue weighted by Crippen LogP contribution is -2.14. The van der Waals surface area contributed by atoms with E-state index in [1.54, 1.807) is 12.1 Å². The number of hydrogen-bond donors (Lipinski definition) is 1. The van der Waals surface area contributed by atoms with Crippen molar-refractivity contribution < 1.29 is 4.39 Å². The predicted molar refractivity (Wildman–Crippen MR) is 61.1 cm³/mol. The van der Waals surface area contributed by atoms with E-state index >= 15 is 0 Å². The first kappa shape index (κ1) is 11.7. The highest BCUT2D eigenvalue weighted by atomic mass is 79.9. The van der Waals surface area contributed by atoms with Gasteiger partial charge in [0, 0.05) is 11.9 Å². The Hall–Kier alpha value is -0.410. The highest BCUT2D eigenvalue weighted by Gasteiger charge is 1.94. The van der Waals surface area contributed by atoms with Gasteiger partial charge in [-0.15, -0.1) is 0 Å². The standard InChI is InChI=1S/C11H15BrFN/c12-6-1-2-7-14-9-10-4-3-5-11(13)8-10/h3-5,8,14H,1-2,6-7,9H2. The van der Waals surface area contributed by atoms with Crippen LogP contribution in [0.4, 0.5) is 4.39 Å². The molecule has 14 heavy (non-hydrogen) atoms. The van der Waals surface area contributed by atoms with E-state index in [1.165, 1.54) is 12.5 Å². The number of benzene rings is 1. The minimum atomic E-state index is -0.162. The molecule has 0 saturated heterocycles. The third-order valence-corrected chi connectivity index (χ3v) is 2.52. The van der Waals surface area contributed by atoms with Crippen LogP contribution in [0.2, 0.25) is 0 Å². The second-order valence-electron chi connectivity index (χ2n) is 3.20. The molecule has 1 aromatic rings. The van der Waals surface area contributed by atoms with Crippen molar-refractivity contribution in [3.05, 3.63) is 35.6 Å². The molecule has 0 saturated carbocycles. The third kappa shape index (κ3) is 4.72. The van der Waals surface area contributed by atoms with Gasteiger partial charge in [-0.2, -0.15) is 0 Å². The second kappa shape index (κ2) is 6.96. The highest BCUT2D eigenvalue weighted by molar-refractivity contribution is 9.09. The van der Waals surface area contributed by atoms with Crippen molar-refractivity contribution in [1.82, 2.24) is 5.32 Å². The summed E-state index contributed by atoms with van der Waals surface area (Å²) in [6, 6.07) is 6.71. The zero-order valence-corrected chi connectivity index (χ0v) is 9.69. The average Bonchev–Trinajstić information content (AvgIpc) is 2.18. The van der Waals surface area contributed by atoms with Crippen LogP contribution in [0.15, 0.2) is 24.3 Å². The van der Waals surface area contributed by atoms with E-state index < -0.39 is 0 Å². The van der Waals surface area contributed by atoms with Crippen LogP contribution in [0, 0.1) is 5.82 Å². The number of halogens is 2. The van der Waals surface area contributed by atoms with Gasteiger partial charge in [-0.25, -0.2) is 4.39 Å². The van der Waals surface area contributed by atoms with E-state index in [9.17, 15) is 4.39 Å². The number of unbranched alkanes of at least 4 members (excludes halogenated alkanes) is 1. The Morgan fingerprint density at radius 3 is 2.86 bits per heavy atom. The van der Waals surface area contributed by atoms with Crippen molar-refractivity contribution in [3.63, 3.8) is 0 Å². The van der Waals surface area contributed by atoms with E-state index in [-0.39, 0.29) is 5.82 Å². The van der Waals surface area contributed by atoms with Crippen LogP contribution in [0.3, 0.4) is 0 Å². The second-order valence-corrected chi connectivity index (χ2v) is 4.00. The van der Waals surface area contributed by atoms with E-state index in [2.05, 4.69) is 21.2 Å². The Balaban J connectivity index is 2.18. The van der Waals surface area contributed by atoms with Crippen molar-refractivity contribution in [2.75, 3.05) is 11.9 Å². The molecule has 1 nitrogen and oxygen atoms in total. The van der Waals surface area contributed by atoms with E-state index in [0.717, 1.165) is 30.4 Å². The Labute approximate surface area is 92.8 Å². The number of rotatable bonds is 6. The topological polar surface area (TPSA) is 12.0 Å². The predicted octanol–water partition coefficient (Wildman–Crippen LogP) is 3.09. The van der Waals surface area contributed by atoms with Crippen LogP contribution < -0.4 is 5.32 Å². The first-order valence-corrected chi connectivity index (χ1v) is 5.96. The van der Waals surface area contributed by atoms with Gasteiger partial charge in [-0.1, -0.05) is 28.1 Å². The van der Waals surface area contributed by atoms with Crippen molar-refractivity contribution in [3.8, 4) is 0 Å². The van der Waals surface area contributed by atoms with Crippen LogP contribution in [-0.4, -0.2) is 11.9 Å². The molecule has 1 rings (SSSR count). The molecule has 0 aromatic heterocycles. The zero-order chi connectivity index (χ0) is 10.2. The Kier molecular flexibility index (Phi) is 5.80. The summed E-state index contributed by atoms with van der Waals surface area (Å²) in [6.07, 6.45) is 2.33. The molecule has 0 radical (unpaired) electrons. The van der Waals surface area contributed by atoms with Crippen LogP contribution >= 0.6 is 15.9 Å². The Morgan fingerprint density at radius 2 is 2.14 bits per heavy atom. The first-order chi connectivity index (χ1) is 6.83. The molecule has 0 bridgehead atoms. The summed E-state index contributed by atoms with van der Waals surface area (Å²) in [4.78, 5) is 0. The van der Waals surface area contributed by atoms with Gasteiger partial charge >= 0.3 is 0 Å². The number of alkyl halides is 1. The minimum absolute atomic E-state index is 0.162. The van der Waals surface area contributed by atoms with Gasteiger partial charge in [0.25, 0.3) is 0 Å². The summed E-state index contributed by atoms with van der Waals surface area (Å²) in [5.74, 6) is -0.162. The van der Waals surface area contributed by atoms with E-state index in [1.807, 2.05) is 6.07 Å². The highest BCUT2D eigenvalue weighted by Crippen LogP contribution is 2.02. The molecule has 1 N–H and O–H groups in total. The Morgan fingerprint density at radius 1 is 1.29 bits per heavy atom. The maximum absolute atomic E-state index is 12.8. The van der Waals surface area contributed by atoms with Gasteiger partial charge in [0.2, 0.25) is 0 Å². The molecule has 0 fully saturated rings. The van der Waals surface area contributed by atoms with Crippen LogP contribution in [0.1, 0.15) is 18.4 Å². The zero-order valence-electron chi connectivity index (χ0n) is 8.10. The summed E-state index contributed by atoms with van der Waals surface area (Å²) < 4.78 is 12.8. The Bertz CT molecular complexity index is 265. The van der Waals surface area contributed by atoms with Gasteiger partial charge in [-0.3, -0.25) is 0 Å². The third-order valence-electron chi connectivity index (χ3n) is 1.96. The molecule has 3 heteroatoms.